The molecule has 0 heterocycles. The van der Waals surface area contributed by atoms with E-state index in [1.807, 2.05) is 60.7 Å². The van der Waals surface area contributed by atoms with Crippen LogP contribution in [-0.4, -0.2) is 64.0 Å². The topological polar surface area (TPSA) is 81.7 Å². The predicted molar refractivity (Wildman–Crippen MR) is 335 cm³/mol. The maximum atomic E-state index is 13.1. The number of benzene rings is 5. The summed E-state index contributed by atoms with van der Waals surface area (Å²) in [5.74, 6) is 3.72. The maximum Gasteiger partial charge on any atom is 0.336 e. The molecule has 0 spiro atoms. The van der Waals surface area contributed by atoms with E-state index in [4.69, 9.17) is 32.2 Å². The Bertz CT molecular complexity index is 2660. The minimum Gasteiger partial charge on any atom is -0.543 e. The van der Waals surface area contributed by atoms with Gasteiger partial charge in [0, 0.05) is 24.7 Å². The van der Waals surface area contributed by atoms with Gasteiger partial charge in [0.15, 0.2) is 16.6 Å². The summed E-state index contributed by atoms with van der Waals surface area (Å²) >= 11 is 0. The zero-order chi connectivity index (χ0) is 57.6. The maximum absolute atomic E-state index is 13.1. The van der Waals surface area contributed by atoms with Gasteiger partial charge in [-0.15, -0.1) is 0 Å². The quantitative estimate of drug-likeness (QED) is 0.0161. The van der Waals surface area contributed by atoms with Crippen molar-refractivity contribution in [1.82, 2.24) is 0 Å². The third kappa shape index (κ3) is 18.9. The molecule has 426 valence electrons. The van der Waals surface area contributed by atoms with Crippen LogP contribution in [0.5, 0.6) is 28.7 Å². The molecule has 0 aliphatic rings. The second kappa shape index (κ2) is 27.5. The van der Waals surface area contributed by atoms with Crippen LogP contribution < -0.4 is 23.4 Å². The van der Waals surface area contributed by atoms with Gasteiger partial charge in [0.25, 0.3) is 0 Å². The number of hydrogen-bond acceptors (Lipinski definition) is 8. The highest BCUT2D eigenvalue weighted by Gasteiger charge is 2.42. The van der Waals surface area contributed by atoms with E-state index in [1.54, 1.807) is 6.08 Å². The van der Waals surface area contributed by atoms with Gasteiger partial charge in [-0.25, -0.2) is 4.79 Å². The average molecular weight is 1120 g/mol. The molecule has 0 bridgehead atoms. The van der Waals surface area contributed by atoms with Crippen molar-refractivity contribution >= 4 is 37.0 Å². The molecular weight excluding hydrogens is 1020 g/mol. The molecule has 0 unspecified atom stereocenters. The number of esters is 1. The highest BCUT2D eigenvalue weighted by atomic mass is 28.4. The van der Waals surface area contributed by atoms with Crippen LogP contribution in [-0.2, 0) is 26.5 Å². The first kappa shape index (κ1) is 63.9. The van der Waals surface area contributed by atoms with Crippen molar-refractivity contribution in [3.8, 4) is 51.0 Å². The Morgan fingerprint density at radius 2 is 0.872 bits per heavy atom. The van der Waals surface area contributed by atoms with E-state index in [0.717, 1.165) is 101 Å². The number of ether oxygens (including phenoxy) is 4. The lowest BCUT2D eigenvalue weighted by molar-refractivity contribution is -0.128. The molecule has 0 aliphatic carbocycles. The Kier molecular flexibility index (Phi) is 22.5. The van der Waals surface area contributed by atoms with Gasteiger partial charge in [-0.1, -0.05) is 132 Å². The van der Waals surface area contributed by atoms with Crippen molar-refractivity contribution in [3.05, 3.63) is 132 Å². The SMILES string of the molecule is CCc1cc(-c2ccc(/C=C/C(=O)Oc3ccc(-c4ccc(OCCCCCCOc5ccc(O[Si](C)(C)C(C)(C)C)cc5)cc4)cc3CC)cc2)ccc1OCCC(C)(CO[Si](C)(C)C(C)(C)C)CO[Si](C)(C)C(C)(C)C. The van der Waals surface area contributed by atoms with Crippen LogP contribution in [0.3, 0.4) is 0 Å². The molecule has 5 rings (SSSR count). The fourth-order valence-electron chi connectivity index (χ4n) is 7.87. The van der Waals surface area contributed by atoms with Crippen LogP contribution in [0.4, 0.5) is 0 Å². The number of carbonyl (C=O) groups is 1. The third-order valence-corrected chi connectivity index (χ3v) is 30.0. The lowest BCUT2D eigenvalue weighted by Crippen LogP contribution is -2.47. The predicted octanol–water partition coefficient (Wildman–Crippen LogP) is 19.0. The van der Waals surface area contributed by atoms with Crippen molar-refractivity contribution in [2.24, 2.45) is 5.41 Å². The lowest BCUT2D eigenvalue weighted by Gasteiger charge is -2.42. The van der Waals surface area contributed by atoms with Gasteiger partial charge in [-0.3, -0.25) is 0 Å². The summed E-state index contributed by atoms with van der Waals surface area (Å²) in [5.41, 5.74) is 7.21. The fraction of sp³-hybridized carbons (Fsp3) is 0.507. The average Bonchev–Trinajstić information content (AvgIpc) is 3.39. The van der Waals surface area contributed by atoms with Crippen molar-refractivity contribution in [2.75, 3.05) is 33.0 Å². The molecule has 5 aromatic carbocycles. The van der Waals surface area contributed by atoms with E-state index in [1.165, 1.54) is 11.6 Å². The Hall–Kier alpha value is -4.92. The van der Waals surface area contributed by atoms with Gasteiger partial charge in [-0.2, -0.15) is 0 Å². The molecule has 0 fully saturated rings. The molecule has 5 aromatic rings. The minimum absolute atomic E-state index is 0.131. The first-order chi connectivity index (χ1) is 36.4. The molecule has 0 atom stereocenters. The highest BCUT2D eigenvalue weighted by Crippen LogP contribution is 2.42. The van der Waals surface area contributed by atoms with Crippen LogP contribution in [0.2, 0.25) is 54.4 Å². The van der Waals surface area contributed by atoms with E-state index in [-0.39, 0.29) is 20.5 Å². The highest BCUT2D eigenvalue weighted by molar-refractivity contribution is 6.75. The van der Waals surface area contributed by atoms with Crippen molar-refractivity contribution < 1.29 is 37.0 Å². The molecule has 78 heavy (non-hydrogen) atoms. The van der Waals surface area contributed by atoms with Crippen molar-refractivity contribution in [1.29, 1.82) is 0 Å². The van der Waals surface area contributed by atoms with E-state index in [9.17, 15) is 4.79 Å². The molecule has 0 radical (unpaired) electrons. The number of unbranched alkanes of at least 4 members (excludes halogenated alkanes) is 3. The second-order valence-corrected chi connectivity index (χ2v) is 40.5. The molecule has 0 aromatic heterocycles. The van der Waals surface area contributed by atoms with E-state index in [2.05, 4.69) is 171 Å². The summed E-state index contributed by atoms with van der Waals surface area (Å²) in [4.78, 5) is 13.1. The molecular formula is C67H98O8Si3. The van der Waals surface area contributed by atoms with E-state index >= 15 is 0 Å². The Morgan fingerprint density at radius 1 is 0.462 bits per heavy atom. The lowest BCUT2D eigenvalue weighted by atomic mass is 9.89. The summed E-state index contributed by atoms with van der Waals surface area (Å²) in [6.45, 7) is 44.2. The third-order valence-electron chi connectivity index (χ3n) is 16.7. The van der Waals surface area contributed by atoms with Crippen molar-refractivity contribution in [2.45, 2.75) is 182 Å². The van der Waals surface area contributed by atoms with Crippen LogP contribution in [0.1, 0.15) is 132 Å². The summed E-state index contributed by atoms with van der Waals surface area (Å²) in [6.07, 6.45) is 9.85. The van der Waals surface area contributed by atoms with Crippen LogP contribution in [0, 0.1) is 5.41 Å². The molecule has 8 nitrogen and oxygen atoms in total. The molecule has 0 amide bonds. The Balaban J connectivity index is 1.06. The van der Waals surface area contributed by atoms with Gasteiger partial charge in [0.05, 0.1) is 19.8 Å². The largest absolute Gasteiger partial charge is 0.543 e. The molecule has 0 saturated carbocycles. The van der Waals surface area contributed by atoms with E-state index in [0.29, 0.717) is 38.8 Å². The van der Waals surface area contributed by atoms with E-state index < -0.39 is 30.9 Å². The number of carbonyl (C=O) groups excluding carboxylic acids is 1. The van der Waals surface area contributed by atoms with Crippen molar-refractivity contribution in [3.63, 3.8) is 0 Å². The zero-order valence-electron chi connectivity index (χ0n) is 51.3. The van der Waals surface area contributed by atoms with Gasteiger partial charge in [-0.05, 0) is 205 Å². The molecule has 11 heteroatoms. The molecule has 0 aliphatic heterocycles. The van der Waals surface area contributed by atoms with Crippen LogP contribution >= 0.6 is 0 Å². The first-order valence-corrected chi connectivity index (χ1v) is 37.5. The number of aryl methyl sites for hydroxylation is 2. The molecule has 0 saturated heterocycles. The summed E-state index contributed by atoms with van der Waals surface area (Å²) in [5, 5.41) is 0.425. The van der Waals surface area contributed by atoms with Gasteiger partial charge >= 0.3 is 5.97 Å². The van der Waals surface area contributed by atoms with Crippen LogP contribution in [0.25, 0.3) is 28.3 Å². The van der Waals surface area contributed by atoms with Gasteiger partial charge in [0.1, 0.15) is 28.7 Å². The normalized spacial score (nSPS) is 12.9. The van der Waals surface area contributed by atoms with Gasteiger partial charge < -0.3 is 32.2 Å². The first-order valence-electron chi connectivity index (χ1n) is 28.8. The number of hydrogen-bond donors (Lipinski definition) is 0. The zero-order valence-corrected chi connectivity index (χ0v) is 54.3. The Morgan fingerprint density at radius 3 is 1.33 bits per heavy atom. The molecule has 0 N–H and O–H groups in total. The standard InChI is InChI=1S/C67H98O8Si3/c1-19-52-47-56(32-40-61(52)71-46-43-67(12,49-72-76(13,14)64(3,4)5)50-73-77(15,16)65(6,7)8)54-28-25-51(26-29-54)27-42-63(68)74-62-41-33-57(48-53(62)20-2)55-30-34-58(35-31-55)69-44-23-21-22-24-45-70-59-36-38-60(39-37-59)75-78(17,18)66(9,10)11/h25-42,47-48H,19-24,43-46,49-50H2,1-18H3/b42-27+. The summed E-state index contributed by atoms with van der Waals surface area (Å²) < 4.78 is 44.6. The monoisotopic (exact) mass is 1110 g/mol. The Labute approximate surface area is 475 Å². The minimum atomic E-state index is -1.96. The van der Waals surface area contributed by atoms with Gasteiger partial charge in [0.2, 0.25) is 8.32 Å². The number of rotatable bonds is 28. The van der Waals surface area contributed by atoms with Crippen LogP contribution in [0.15, 0.2) is 115 Å². The fourth-order valence-corrected chi connectivity index (χ4v) is 11.2. The smallest absolute Gasteiger partial charge is 0.336 e. The second-order valence-electron chi connectivity index (χ2n) is 26.2. The summed E-state index contributed by atoms with van der Waals surface area (Å²) in [6, 6.07) is 37.0. The summed E-state index contributed by atoms with van der Waals surface area (Å²) in [7, 11) is -5.77.